The number of piperidine rings is 2. The monoisotopic (exact) mass is 641 g/mol. The van der Waals surface area contributed by atoms with E-state index in [1.54, 1.807) is 48.4 Å². The van der Waals surface area contributed by atoms with E-state index in [9.17, 15) is 14.4 Å². The first-order chi connectivity index (χ1) is 22.9. The minimum absolute atomic E-state index is 0.0799. The van der Waals surface area contributed by atoms with Crippen LogP contribution in [0.25, 0.3) is 0 Å². The number of hydrogen-bond acceptors (Lipinski definition) is 7. The number of nitrogens with zero attached hydrogens (tertiary/aromatic N) is 4. The third-order valence-corrected chi connectivity index (χ3v) is 9.87. The Balaban J connectivity index is 0.924. The molecule has 2 amide bonds. The van der Waals surface area contributed by atoms with Gasteiger partial charge in [0, 0.05) is 75.1 Å². The molecule has 0 bridgehead atoms. The number of ketones is 1. The summed E-state index contributed by atoms with van der Waals surface area (Å²) in [7, 11) is 1.59. The van der Waals surface area contributed by atoms with Gasteiger partial charge < -0.3 is 19.9 Å². The van der Waals surface area contributed by atoms with Crippen molar-refractivity contribution in [2.75, 3.05) is 57.8 Å². The molecular formula is C37H44FN5O4. The molecule has 3 aliphatic rings. The fourth-order valence-corrected chi connectivity index (χ4v) is 6.91. The maximum absolute atomic E-state index is 15.1. The molecule has 248 valence electrons. The molecule has 1 aromatic heterocycles. The van der Waals surface area contributed by atoms with Crippen LogP contribution in [0.15, 0.2) is 66.9 Å². The number of hydrogen-bond donors (Lipinski definition) is 1. The summed E-state index contributed by atoms with van der Waals surface area (Å²) in [6.45, 7) is 5.25. The van der Waals surface area contributed by atoms with Gasteiger partial charge in [0.1, 0.15) is 17.6 Å². The van der Waals surface area contributed by atoms with Crippen molar-refractivity contribution in [2.45, 2.75) is 44.8 Å². The summed E-state index contributed by atoms with van der Waals surface area (Å²) in [6.07, 6.45) is 4.70. The van der Waals surface area contributed by atoms with E-state index < -0.39 is 6.17 Å². The first-order valence-electron chi connectivity index (χ1n) is 16.8. The number of Topliss-reactive ketones (excluding diaryl/α,β-unsaturated/α-hetero) is 1. The molecule has 2 aromatic carbocycles. The number of nitrogens with one attached hydrogen (secondary N) is 1. The molecule has 10 heteroatoms. The van der Waals surface area contributed by atoms with Crippen LogP contribution in [0.5, 0.6) is 5.75 Å². The standard InChI is InChI=1S/C37H44FN5O4/c1-47-32-11-6-27(7-12-32)35(44)28-15-20-43(21-16-28)37(46)34-13-8-30(23-39-34)36(45)40-22-29-14-19-41(25-33(29)38)24-26-4-9-31(10-5-26)42-17-2-3-18-42/h4-13,23,28-29,33H,2-3,14-22,24-25H2,1H3,(H,40,45)/t29-,33+/m0/s1. The van der Waals surface area contributed by atoms with Crippen molar-refractivity contribution in [1.29, 1.82) is 0 Å². The van der Waals surface area contributed by atoms with Crippen LogP contribution in [0.2, 0.25) is 0 Å². The number of carbonyl (C=O) groups excluding carboxylic acids is 3. The average Bonchev–Trinajstić information content (AvgIpc) is 3.66. The summed E-state index contributed by atoms with van der Waals surface area (Å²) in [4.78, 5) is 49.4. The van der Waals surface area contributed by atoms with E-state index in [4.69, 9.17) is 4.74 Å². The SMILES string of the molecule is COc1ccc(C(=O)C2CCN(C(=O)c3ccc(C(=O)NC[C@@H]4CCN(Cc5ccc(N6CCCC6)cc5)C[C@H]4F)cn3)CC2)cc1. The summed E-state index contributed by atoms with van der Waals surface area (Å²) in [6, 6.07) is 18.9. The molecule has 0 spiro atoms. The van der Waals surface area contributed by atoms with Crippen LogP contribution in [0.4, 0.5) is 10.1 Å². The largest absolute Gasteiger partial charge is 0.497 e. The molecule has 4 heterocycles. The number of carbonyl (C=O) groups is 3. The summed E-state index contributed by atoms with van der Waals surface area (Å²) >= 11 is 0. The van der Waals surface area contributed by atoms with Gasteiger partial charge in [0.15, 0.2) is 5.78 Å². The molecule has 1 N–H and O–H groups in total. The lowest BCUT2D eigenvalue weighted by Gasteiger charge is -2.34. The Hall–Kier alpha value is -4.31. The highest BCUT2D eigenvalue weighted by atomic mass is 19.1. The van der Waals surface area contributed by atoms with Gasteiger partial charge in [0.2, 0.25) is 0 Å². The molecule has 0 aliphatic carbocycles. The fraction of sp³-hybridized carbons (Fsp3) is 0.459. The van der Waals surface area contributed by atoms with Crippen LogP contribution in [0.3, 0.4) is 0 Å². The van der Waals surface area contributed by atoms with E-state index >= 15 is 4.39 Å². The molecular weight excluding hydrogens is 597 g/mol. The summed E-state index contributed by atoms with van der Waals surface area (Å²) < 4.78 is 20.3. The Labute approximate surface area is 276 Å². The topological polar surface area (TPSA) is 95.1 Å². The number of alkyl halides is 1. The second-order valence-corrected chi connectivity index (χ2v) is 13.0. The number of halogens is 1. The van der Waals surface area contributed by atoms with Gasteiger partial charge in [-0.3, -0.25) is 24.3 Å². The van der Waals surface area contributed by atoms with E-state index in [1.165, 1.54) is 30.3 Å². The van der Waals surface area contributed by atoms with E-state index in [0.717, 1.165) is 26.2 Å². The number of ether oxygens (including phenoxy) is 1. The van der Waals surface area contributed by atoms with E-state index in [-0.39, 0.29) is 41.7 Å². The first kappa shape index (κ1) is 32.6. The average molecular weight is 642 g/mol. The fourth-order valence-electron chi connectivity index (χ4n) is 6.91. The number of anilines is 1. The van der Waals surface area contributed by atoms with Crippen LogP contribution < -0.4 is 15.0 Å². The number of aromatic nitrogens is 1. The van der Waals surface area contributed by atoms with Crippen molar-refractivity contribution in [1.82, 2.24) is 20.1 Å². The Kier molecular flexibility index (Phi) is 10.5. The maximum atomic E-state index is 15.1. The molecule has 3 fully saturated rings. The first-order valence-corrected chi connectivity index (χ1v) is 16.8. The van der Waals surface area contributed by atoms with E-state index in [1.807, 2.05) is 0 Å². The molecule has 3 aliphatic heterocycles. The maximum Gasteiger partial charge on any atom is 0.272 e. The molecule has 0 saturated carbocycles. The Bertz CT molecular complexity index is 1520. The van der Waals surface area contributed by atoms with Crippen LogP contribution >= 0.6 is 0 Å². The van der Waals surface area contributed by atoms with E-state index in [0.29, 0.717) is 55.8 Å². The molecule has 6 rings (SSSR count). The van der Waals surface area contributed by atoms with Crippen LogP contribution in [0, 0.1) is 11.8 Å². The molecule has 2 atom stereocenters. The van der Waals surface area contributed by atoms with Crippen molar-refractivity contribution < 1.29 is 23.5 Å². The third kappa shape index (κ3) is 7.99. The summed E-state index contributed by atoms with van der Waals surface area (Å²) in [5.41, 5.74) is 3.67. The quantitative estimate of drug-likeness (QED) is 0.311. The predicted octanol–water partition coefficient (Wildman–Crippen LogP) is 5.02. The lowest BCUT2D eigenvalue weighted by molar-refractivity contribution is 0.0645. The Morgan fingerprint density at radius 2 is 1.57 bits per heavy atom. The summed E-state index contributed by atoms with van der Waals surface area (Å²) in [5, 5.41) is 2.87. The lowest BCUT2D eigenvalue weighted by Crippen LogP contribution is -2.45. The van der Waals surface area contributed by atoms with Gasteiger partial charge in [-0.05, 0) is 92.7 Å². The number of likely N-dealkylation sites (tertiary alicyclic amines) is 2. The number of benzene rings is 2. The number of pyridine rings is 1. The second kappa shape index (κ2) is 15.1. The molecule has 9 nitrogen and oxygen atoms in total. The van der Waals surface area contributed by atoms with Crippen molar-refractivity contribution in [3.8, 4) is 5.75 Å². The van der Waals surface area contributed by atoms with Crippen LogP contribution in [0.1, 0.15) is 68.9 Å². The Morgan fingerprint density at radius 1 is 0.872 bits per heavy atom. The number of rotatable bonds is 10. The van der Waals surface area contributed by atoms with Gasteiger partial charge in [0.05, 0.1) is 12.7 Å². The normalized spacial score (nSPS) is 20.6. The highest BCUT2D eigenvalue weighted by Crippen LogP contribution is 2.26. The van der Waals surface area contributed by atoms with Gasteiger partial charge in [-0.15, -0.1) is 0 Å². The van der Waals surface area contributed by atoms with Crippen molar-refractivity contribution in [2.24, 2.45) is 11.8 Å². The second-order valence-electron chi connectivity index (χ2n) is 13.0. The zero-order valence-corrected chi connectivity index (χ0v) is 27.1. The molecule has 0 unspecified atom stereocenters. The highest BCUT2D eigenvalue weighted by molar-refractivity contribution is 5.99. The van der Waals surface area contributed by atoms with Gasteiger partial charge in [-0.1, -0.05) is 12.1 Å². The number of amides is 2. The van der Waals surface area contributed by atoms with Crippen molar-refractivity contribution in [3.05, 3.63) is 89.2 Å². The molecule has 3 saturated heterocycles. The predicted molar refractivity (Wildman–Crippen MR) is 179 cm³/mol. The van der Waals surface area contributed by atoms with Crippen molar-refractivity contribution in [3.63, 3.8) is 0 Å². The molecule has 47 heavy (non-hydrogen) atoms. The molecule has 3 aromatic rings. The van der Waals surface area contributed by atoms with Crippen molar-refractivity contribution >= 4 is 23.3 Å². The number of methoxy groups -OCH3 is 1. The van der Waals surface area contributed by atoms with Gasteiger partial charge in [-0.25, -0.2) is 4.39 Å². The van der Waals surface area contributed by atoms with Gasteiger partial charge in [-0.2, -0.15) is 0 Å². The smallest absolute Gasteiger partial charge is 0.272 e. The lowest BCUT2D eigenvalue weighted by atomic mass is 9.88. The highest BCUT2D eigenvalue weighted by Gasteiger charge is 2.31. The minimum atomic E-state index is -1.03. The molecule has 0 radical (unpaired) electrons. The van der Waals surface area contributed by atoms with Gasteiger partial charge in [0.25, 0.3) is 11.8 Å². The van der Waals surface area contributed by atoms with Crippen LogP contribution in [-0.2, 0) is 6.54 Å². The van der Waals surface area contributed by atoms with E-state index in [2.05, 4.69) is 44.4 Å². The summed E-state index contributed by atoms with van der Waals surface area (Å²) in [5.74, 6) is -0.159. The van der Waals surface area contributed by atoms with Crippen LogP contribution in [-0.4, -0.2) is 91.5 Å². The zero-order chi connectivity index (χ0) is 32.8. The zero-order valence-electron chi connectivity index (χ0n) is 27.1. The third-order valence-electron chi connectivity index (χ3n) is 9.87. The minimum Gasteiger partial charge on any atom is -0.497 e. The van der Waals surface area contributed by atoms with Gasteiger partial charge >= 0.3 is 0 Å². The Morgan fingerprint density at radius 3 is 2.21 bits per heavy atom.